The third-order valence-electron chi connectivity index (χ3n) is 1.34. The highest BCUT2D eigenvalue weighted by atomic mass is 35.5. The molecule has 0 aromatic rings. The van der Waals surface area contributed by atoms with Crippen LogP contribution in [0.4, 0.5) is 0 Å². The van der Waals surface area contributed by atoms with Crippen LogP contribution in [-0.4, -0.2) is 32.2 Å². The van der Waals surface area contributed by atoms with Gasteiger partial charge in [-0.15, -0.1) is 81.2 Å². The van der Waals surface area contributed by atoms with Gasteiger partial charge in [-0.05, 0) is 0 Å². The summed E-state index contributed by atoms with van der Waals surface area (Å²) in [4.78, 5) is -0.787. The van der Waals surface area contributed by atoms with Gasteiger partial charge in [0.25, 0.3) is 0 Å². The monoisotopic (exact) mass is 324 g/mol. The summed E-state index contributed by atoms with van der Waals surface area (Å²) in [6.45, 7) is 0. The van der Waals surface area contributed by atoms with Crippen molar-refractivity contribution in [3.05, 3.63) is 0 Å². The average molecular weight is 327 g/mol. The van der Waals surface area contributed by atoms with Crippen LogP contribution in [0.3, 0.4) is 0 Å². The summed E-state index contributed by atoms with van der Waals surface area (Å²) >= 11 is 39.8. The highest BCUT2D eigenvalue weighted by molar-refractivity contribution is 6.50. The van der Waals surface area contributed by atoms with Gasteiger partial charge in [0.1, 0.15) is 4.84 Å². The van der Waals surface area contributed by atoms with Gasteiger partial charge < -0.3 is 0 Å². The standard InChI is InChI=1S/C6H7Cl7/c7-1-2(8)3(9)4(10)5(11)6(12)13/h2-6H,1H2. The van der Waals surface area contributed by atoms with E-state index in [1.165, 1.54) is 0 Å². The molecule has 0 aromatic carbocycles. The van der Waals surface area contributed by atoms with Crippen molar-refractivity contribution < 1.29 is 0 Å². The van der Waals surface area contributed by atoms with E-state index in [-0.39, 0.29) is 5.88 Å². The van der Waals surface area contributed by atoms with Crippen molar-refractivity contribution in [1.82, 2.24) is 0 Å². The average Bonchev–Trinajstić information content (AvgIpc) is 2.12. The van der Waals surface area contributed by atoms with Crippen LogP contribution in [0.1, 0.15) is 0 Å². The van der Waals surface area contributed by atoms with Gasteiger partial charge in [0.05, 0.1) is 21.5 Å². The van der Waals surface area contributed by atoms with Crippen molar-refractivity contribution in [3.8, 4) is 0 Å². The first-order valence-corrected chi connectivity index (χ1v) is 6.47. The van der Waals surface area contributed by atoms with Gasteiger partial charge in [0, 0.05) is 5.88 Å². The maximum Gasteiger partial charge on any atom is 0.125 e. The Morgan fingerprint density at radius 2 is 1.15 bits per heavy atom. The van der Waals surface area contributed by atoms with Crippen molar-refractivity contribution in [3.63, 3.8) is 0 Å². The minimum Gasteiger partial charge on any atom is -0.125 e. The first kappa shape index (κ1) is 15.0. The molecule has 0 aliphatic heterocycles. The van der Waals surface area contributed by atoms with Crippen LogP contribution in [0.15, 0.2) is 0 Å². The van der Waals surface area contributed by atoms with E-state index >= 15 is 0 Å². The Morgan fingerprint density at radius 1 is 0.692 bits per heavy atom. The summed E-state index contributed by atoms with van der Waals surface area (Å²) in [7, 11) is 0. The quantitative estimate of drug-likeness (QED) is 0.654. The van der Waals surface area contributed by atoms with Crippen LogP contribution in [0.25, 0.3) is 0 Å². The molecule has 0 spiro atoms. The normalized spacial score (nSPS) is 21.2. The van der Waals surface area contributed by atoms with Gasteiger partial charge in [-0.2, -0.15) is 0 Å². The number of alkyl halides is 7. The van der Waals surface area contributed by atoms with Crippen LogP contribution < -0.4 is 0 Å². The molecule has 4 atom stereocenters. The SMILES string of the molecule is ClCC(Cl)C(Cl)C(Cl)C(Cl)C(Cl)Cl. The van der Waals surface area contributed by atoms with E-state index in [2.05, 4.69) is 0 Å². The molecule has 0 amide bonds. The van der Waals surface area contributed by atoms with Gasteiger partial charge in [0.2, 0.25) is 0 Å². The first-order valence-electron chi connectivity index (χ1n) is 3.32. The summed E-state index contributed by atoms with van der Waals surface area (Å²) in [5.41, 5.74) is 0. The van der Waals surface area contributed by atoms with Crippen molar-refractivity contribution in [2.24, 2.45) is 0 Å². The molecule has 0 aromatic heterocycles. The molecule has 80 valence electrons. The number of rotatable bonds is 5. The van der Waals surface area contributed by atoms with Gasteiger partial charge >= 0.3 is 0 Å². The summed E-state index contributed by atoms with van der Waals surface area (Å²) < 4.78 is 0. The molecule has 0 rings (SSSR count). The van der Waals surface area contributed by atoms with Gasteiger partial charge in [0.15, 0.2) is 0 Å². The lowest BCUT2D eigenvalue weighted by Gasteiger charge is -2.23. The first-order chi connectivity index (χ1) is 5.91. The summed E-state index contributed by atoms with van der Waals surface area (Å²) in [6.07, 6.45) is 0. The third kappa shape index (κ3) is 5.06. The molecule has 0 saturated carbocycles. The Kier molecular flexibility index (Phi) is 8.47. The number of hydrogen-bond acceptors (Lipinski definition) is 0. The van der Waals surface area contributed by atoms with Crippen LogP contribution in [0.2, 0.25) is 0 Å². The fourth-order valence-corrected chi connectivity index (χ4v) is 2.37. The zero-order chi connectivity index (χ0) is 10.6. The minimum atomic E-state index is -0.787. The van der Waals surface area contributed by atoms with E-state index < -0.39 is 26.3 Å². The Balaban J connectivity index is 4.15. The maximum absolute atomic E-state index is 5.87. The molecule has 0 saturated heterocycles. The smallest absolute Gasteiger partial charge is 0.125 e. The van der Waals surface area contributed by atoms with E-state index in [1.807, 2.05) is 0 Å². The number of hydrogen-bond donors (Lipinski definition) is 0. The molecule has 4 unspecified atom stereocenters. The Labute approximate surface area is 113 Å². The predicted octanol–water partition coefficient (Wildman–Crippen LogP) is 4.46. The highest BCUT2D eigenvalue weighted by Gasteiger charge is 2.33. The summed E-state index contributed by atoms with van der Waals surface area (Å²) in [5.74, 6) is 0.192. The summed E-state index contributed by atoms with van der Waals surface area (Å²) in [5, 5.41) is -2.30. The van der Waals surface area contributed by atoms with Crippen molar-refractivity contribution >= 4 is 81.2 Å². The van der Waals surface area contributed by atoms with Gasteiger partial charge in [-0.3, -0.25) is 0 Å². The molecule has 0 fully saturated rings. The number of halogens is 7. The van der Waals surface area contributed by atoms with Crippen LogP contribution in [0.5, 0.6) is 0 Å². The van der Waals surface area contributed by atoms with E-state index in [1.54, 1.807) is 0 Å². The lowest BCUT2D eigenvalue weighted by atomic mass is 10.2. The molecular formula is C6H7Cl7. The second kappa shape index (κ2) is 7.33. The van der Waals surface area contributed by atoms with E-state index in [9.17, 15) is 0 Å². The largest absolute Gasteiger partial charge is 0.125 e. The molecule has 0 heterocycles. The lowest BCUT2D eigenvalue weighted by Crippen LogP contribution is -2.36. The van der Waals surface area contributed by atoms with Crippen molar-refractivity contribution in [2.45, 2.75) is 26.3 Å². The Hall–Kier alpha value is 2.03. The van der Waals surface area contributed by atoms with Crippen LogP contribution in [0, 0.1) is 0 Å². The molecule has 0 aliphatic rings. The second-order valence-corrected chi connectivity index (χ2v) is 5.88. The highest BCUT2D eigenvalue weighted by Crippen LogP contribution is 2.29. The molecule has 0 bridgehead atoms. The maximum atomic E-state index is 5.87. The summed E-state index contributed by atoms with van der Waals surface area (Å²) in [6, 6.07) is 0. The van der Waals surface area contributed by atoms with Crippen molar-refractivity contribution in [2.75, 3.05) is 5.88 Å². The second-order valence-electron chi connectivity index (χ2n) is 2.34. The molecule has 7 heteroatoms. The minimum absolute atomic E-state index is 0.192. The Morgan fingerprint density at radius 3 is 1.46 bits per heavy atom. The molecule has 0 nitrogen and oxygen atoms in total. The zero-order valence-corrected chi connectivity index (χ0v) is 11.5. The van der Waals surface area contributed by atoms with Gasteiger partial charge in [-0.25, -0.2) is 0 Å². The van der Waals surface area contributed by atoms with Crippen LogP contribution >= 0.6 is 81.2 Å². The van der Waals surface area contributed by atoms with E-state index in [0.29, 0.717) is 0 Å². The van der Waals surface area contributed by atoms with E-state index in [0.717, 1.165) is 0 Å². The Bertz CT molecular complexity index is 139. The molecule has 0 radical (unpaired) electrons. The molecule has 0 N–H and O–H groups in total. The lowest BCUT2D eigenvalue weighted by molar-refractivity contribution is 0.724. The fraction of sp³-hybridized carbons (Fsp3) is 1.00. The van der Waals surface area contributed by atoms with E-state index in [4.69, 9.17) is 81.2 Å². The van der Waals surface area contributed by atoms with Gasteiger partial charge in [-0.1, -0.05) is 0 Å². The third-order valence-corrected chi connectivity index (χ3v) is 5.09. The zero-order valence-electron chi connectivity index (χ0n) is 6.24. The van der Waals surface area contributed by atoms with Crippen molar-refractivity contribution in [1.29, 1.82) is 0 Å². The molecular weight excluding hydrogens is 320 g/mol. The molecule has 13 heavy (non-hydrogen) atoms. The molecule has 0 aliphatic carbocycles. The predicted molar refractivity (Wildman–Crippen MR) is 64.8 cm³/mol. The fourth-order valence-electron chi connectivity index (χ4n) is 0.599. The van der Waals surface area contributed by atoms with Crippen LogP contribution in [-0.2, 0) is 0 Å². The topological polar surface area (TPSA) is 0 Å².